The van der Waals surface area contributed by atoms with Gasteiger partial charge < -0.3 is 13.9 Å². The van der Waals surface area contributed by atoms with E-state index in [0.717, 1.165) is 42.4 Å². The first-order valence-corrected chi connectivity index (χ1v) is 10.6. The van der Waals surface area contributed by atoms with E-state index in [1.165, 1.54) is 12.1 Å². The van der Waals surface area contributed by atoms with Gasteiger partial charge in [0.25, 0.3) is 5.56 Å². The van der Waals surface area contributed by atoms with Crippen LogP contribution in [0.1, 0.15) is 29.2 Å². The molecule has 0 aliphatic carbocycles. The molecule has 7 heteroatoms. The Labute approximate surface area is 168 Å². The summed E-state index contributed by atoms with van der Waals surface area (Å²) in [6.45, 7) is 4.16. The number of aromatic nitrogens is 2. The number of fused-ring (bicyclic) bond motifs is 4. The van der Waals surface area contributed by atoms with Crippen molar-refractivity contribution in [3.05, 3.63) is 69.5 Å². The van der Waals surface area contributed by atoms with Crippen LogP contribution >= 0.6 is 11.3 Å². The first-order chi connectivity index (χ1) is 13.7. The molecule has 0 N–H and O–H groups in total. The molecule has 28 heavy (non-hydrogen) atoms. The van der Waals surface area contributed by atoms with Crippen LogP contribution in [0.4, 0.5) is 5.13 Å². The van der Waals surface area contributed by atoms with E-state index in [9.17, 15) is 4.79 Å². The Morgan fingerprint density at radius 1 is 1.25 bits per heavy atom. The topological polar surface area (TPSA) is 54.5 Å². The van der Waals surface area contributed by atoms with Gasteiger partial charge in [0.15, 0.2) is 5.13 Å². The van der Waals surface area contributed by atoms with Gasteiger partial charge in [-0.05, 0) is 31.5 Å². The quantitative estimate of drug-likeness (QED) is 0.663. The lowest BCUT2D eigenvalue weighted by Gasteiger charge is -2.42. The molecule has 0 amide bonds. The zero-order valence-corrected chi connectivity index (χ0v) is 16.8. The van der Waals surface area contributed by atoms with E-state index in [4.69, 9.17) is 4.42 Å². The van der Waals surface area contributed by atoms with Gasteiger partial charge in [-0.1, -0.05) is 6.07 Å². The summed E-state index contributed by atoms with van der Waals surface area (Å²) in [5, 5.41) is 3.13. The Bertz CT molecular complexity index is 996. The average Bonchev–Trinajstić information content (AvgIpc) is 3.38. The molecular formula is C21H24N4O2S. The van der Waals surface area contributed by atoms with Crippen molar-refractivity contribution in [2.45, 2.75) is 32.0 Å². The SMILES string of the molecule is CN(Cc1ccoc1)Cc1ccc2n(c1=O)C[C@H]1C[C@@H]2CN(c2nccs2)C1. The normalized spacial score (nSPS) is 21.1. The highest BCUT2D eigenvalue weighted by Gasteiger charge is 2.35. The third-order valence-electron chi connectivity index (χ3n) is 5.85. The largest absolute Gasteiger partial charge is 0.472 e. The molecule has 6 nitrogen and oxygen atoms in total. The second-order valence-corrected chi connectivity index (χ2v) is 8.89. The van der Waals surface area contributed by atoms with Gasteiger partial charge in [-0.15, -0.1) is 11.3 Å². The molecule has 2 bridgehead atoms. The Hall–Kier alpha value is -2.38. The van der Waals surface area contributed by atoms with E-state index in [-0.39, 0.29) is 5.56 Å². The first kappa shape index (κ1) is 17.7. The van der Waals surface area contributed by atoms with Gasteiger partial charge in [0.2, 0.25) is 0 Å². The molecule has 3 aromatic heterocycles. The van der Waals surface area contributed by atoms with Gasteiger partial charge in [0.1, 0.15) is 0 Å². The first-order valence-electron chi connectivity index (χ1n) is 9.74. The highest BCUT2D eigenvalue weighted by Crippen LogP contribution is 2.37. The van der Waals surface area contributed by atoms with E-state index in [1.54, 1.807) is 23.9 Å². The number of rotatable bonds is 5. The number of furan rings is 1. The van der Waals surface area contributed by atoms with E-state index >= 15 is 0 Å². The van der Waals surface area contributed by atoms with Crippen molar-refractivity contribution in [2.24, 2.45) is 5.92 Å². The summed E-state index contributed by atoms with van der Waals surface area (Å²) in [6, 6.07) is 6.17. The second kappa shape index (κ2) is 7.22. The van der Waals surface area contributed by atoms with Crippen LogP contribution in [-0.2, 0) is 19.6 Å². The van der Waals surface area contributed by atoms with Crippen LogP contribution in [0.5, 0.6) is 0 Å². The molecule has 3 aromatic rings. The molecule has 1 fully saturated rings. The lowest BCUT2D eigenvalue weighted by atomic mass is 9.83. The van der Waals surface area contributed by atoms with E-state index in [0.29, 0.717) is 18.4 Å². The molecule has 2 aliphatic rings. The van der Waals surface area contributed by atoms with Crippen LogP contribution in [0.3, 0.4) is 0 Å². The fourth-order valence-electron chi connectivity index (χ4n) is 4.68. The number of piperidine rings is 1. The highest BCUT2D eigenvalue weighted by atomic mass is 32.1. The standard InChI is InChI=1S/C21H24N4O2S/c1-23(9-15-4-6-27-14-15)12-17-2-3-19-18-8-16(11-25(19)20(17)26)10-24(13-18)21-22-5-7-28-21/h2-7,14,16,18H,8-13H2,1H3/t16-,18+/m0/s1. The van der Waals surface area contributed by atoms with Crippen LogP contribution in [0, 0.1) is 5.92 Å². The van der Waals surface area contributed by atoms with E-state index in [2.05, 4.69) is 20.9 Å². The predicted octanol–water partition coefficient (Wildman–Crippen LogP) is 3.15. The van der Waals surface area contributed by atoms with Crippen molar-refractivity contribution in [2.75, 3.05) is 25.0 Å². The summed E-state index contributed by atoms with van der Waals surface area (Å²) < 4.78 is 7.18. The summed E-state index contributed by atoms with van der Waals surface area (Å²) in [5.74, 6) is 0.911. The monoisotopic (exact) mass is 396 g/mol. The summed E-state index contributed by atoms with van der Waals surface area (Å²) in [7, 11) is 2.04. The van der Waals surface area contributed by atoms with Gasteiger partial charge in [-0.3, -0.25) is 9.69 Å². The lowest BCUT2D eigenvalue weighted by molar-refractivity contribution is 0.276. The Morgan fingerprint density at radius 2 is 2.18 bits per heavy atom. The van der Waals surface area contributed by atoms with Crippen molar-refractivity contribution in [3.8, 4) is 0 Å². The Kier molecular flexibility index (Phi) is 4.56. The number of hydrogen-bond donors (Lipinski definition) is 0. The van der Waals surface area contributed by atoms with Gasteiger partial charge in [0, 0.05) is 67.0 Å². The predicted molar refractivity (Wildman–Crippen MR) is 110 cm³/mol. The van der Waals surface area contributed by atoms with Crippen LogP contribution < -0.4 is 10.5 Å². The zero-order chi connectivity index (χ0) is 19.1. The summed E-state index contributed by atoms with van der Waals surface area (Å²) in [6.07, 6.45) is 6.48. The molecule has 2 aliphatic heterocycles. The van der Waals surface area contributed by atoms with E-state index in [1.807, 2.05) is 35.3 Å². The fourth-order valence-corrected chi connectivity index (χ4v) is 5.34. The lowest BCUT2D eigenvalue weighted by Crippen LogP contribution is -2.47. The summed E-state index contributed by atoms with van der Waals surface area (Å²) in [4.78, 5) is 22.2. The third kappa shape index (κ3) is 3.29. The molecule has 0 aromatic carbocycles. The van der Waals surface area contributed by atoms with Crippen LogP contribution in [0.2, 0.25) is 0 Å². The van der Waals surface area contributed by atoms with Crippen molar-refractivity contribution in [1.82, 2.24) is 14.5 Å². The van der Waals surface area contributed by atoms with Gasteiger partial charge in [0.05, 0.1) is 12.5 Å². The maximum absolute atomic E-state index is 13.2. The third-order valence-corrected chi connectivity index (χ3v) is 6.68. The second-order valence-electron chi connectivity index (χ2n) is 8.02. The molecule has 5 heterocycles. The number of anilines is 1. The Balaban J connectivity index is 1.37. The van der Waals surface area contributed by atoms with Crippen molar-refractivity contribution >= 4 is 16.5 Å². The molecule has 0 spiro atoms. The van der Waals surface area contributed by atoms with Crippen LogP contribution in [-0.4, -0.2) is 34.6 Å². The minimum absolute atomic E-state index is 0.175. The number of hydrogen-bond acceptors (Lipinski definition) is 6. The molecule has 0 unspecified atom stereocenters. The number of thiazole rings is 1. The molecule has 5 rings (SSSR count). The van der Waals surface area contributed by atoms with Crippen molar-refractivity contribution in [3.63, 3.8) is 0 Å². The minimum Gasteiger partial charge on any atom is -0.472 e. The number of pyridine rings is 1. The van der Waals surface area contributed by atoms with Crippen molar-refractivity contribution in [1.29, 1.82) is 0 Å². The smallest absolute Gasteiger partial charge is 0.255 e. The van der Waals surface area contributed by atoms with E-state index < -0.39 is 0 Å². The molecule has 146 valence electrons. The number of nitrogens with zero attached hydrogens (tertiary/aromatic N) is 4. The molecule has 1 saturated heterocycles. The maximum atomic E-state index is 13.2. The maximum Gasteiger partial charge on any atom is 0.255 e. The van der Waals surface area contributed by atoms with Gasteiger partial charge in [-0.2, -0.15) is 0 Å². The molecule has 2 atom stereocenters. The van der Waals surface area contributed by atoms with Crippen LogP contribution in [0.25, 0.3) is 0 Å². The molecule has 0 saturated carbocycles. The molecule has 0 radical (unpaired) electrons. The van der Waals surface area contributed by atoms with Gasteiger partial charge in [-0.25, -0.2) is 4.98 Å². The van der Waals surface area contributed by atoms with Crippen LogP contribution in [0.15, 0.2) is 51.5 Å². The highest BCUT2D eigenvalue weighted by molar-refractivity contribution is 7.13. The van der Waals surface area contributed by atoms with Gasteiger partial charge >= 0.3 is 0 Å². The average molecular weight is 397 g/mol. The zero-order valence-electron chi connectivity index (χ0n) is 16.0. The summed E-state index contributed by atoms with van der Waals surface area (Å²) >= 11 is 1.70. The fraction of sp³-hybridized carbons (Fsp3) is 0.429. The molecular weight excluding hydrogens is 372 g/mol. The summed E-state index contributed by atoms with van der Waals surface area (Å²) in [5.41, 5.74) is 3.35. The minimum atomic E-state index is 0.175. The van der Waals surface area contributed by atoms with Crippen molar-refractivity contribution < 1.29 is 4.42 Å². The Morgan fingerprint density at radius 3 is 2.96 bits per heavy atom.